The van der Waals surface area contributed by atoms with Gasteiger partial charge in [-0.25, -0.2) is 9.78 Å². The van der Waals surface area contributed by atoms with Crippen molar-refractivity contribution >= 4 is 40.5 Å². The number of ether oxygens (including phenoxy) is 1. The molecule has 0 unspecified atom stereocenters. The van der Waals surface area contributed by atoms with Crippen LogP contribution in [0.2, 0.25) is 5.15 Å². The summed E-state index contributed by atoms with van der Waals surface area (Å²) < 4.78 is 4.51. The van der Waals surface area contributed by atoms with Crippen LogP contribution < -0.4 is 10.6 Å². The molecule has 3 N–H and O–H groups in total. The minimum Gasteiger partial charge on any atom is -0.453 e. The second kappa shape index (κ2) is 6.38. The number of aromatic amines is 1. The van der Waals surface area contributed by atoms with Crippen LogP contribution in [0.25, 0.3) is 11.0 Å². The Balaban J connectivity index is 2.34. The van der Waals surface area contributed by atoms with Crippen LogP contribution in [0.1, 0.15) is 19.8 Å². The van der Waals surface area contributed by atoms with E-state index >= 15 is 0 Å². The lowest BCUT2D eigenvalue weighted by Crippen LogP contribution is -2.14. The van der Waals surface area contributed by atoms with Gasteiger partial charge < -0.3 is 10.1 Å². The van der Waals surface area contributed by atoms with Gasteiger partial charge in [-0.15, -0.1) is 0 Å². The molecule has 20 heavy (non-hydrogen) atoms. The Hall–Kier alpha value is -2.09. The summed E-state index contributed by atoms with van der Waals surface area (Å²) in [5, 5.41) is 12.5. The minimum atomic E-state index is -0.650. The Morgan fingerprint density at radius 1 is 1.40 bits per heavy atom. The molecule has 0 aliphatic heterocycles. The Morgan fingerprint density at radius 3 is 2.90 bits per heavy atom. The molecule has 0 aromatic carbocycles. The molecule has 9 heteroatoms. The summed E-state index contributed by atoms with van der Waals surface area (Å²) in [6.45, 7) is 2.83. The van der Waals surface area contributed by atoms with Crippen LogP contribution in [-0.4, -0.2) is 39.9 Å². The number of carbonyl (C=O) groups excluding carboxylic acids is 1. The van der Waals surface area contributed by atoms with Gasteiger partial charge in [-0.05, 0) is 6.42 Å². The first-order valence-corrected chi connectivity index (χ1v) is 6.54. The summed E-state index contributed by atoms with van der Waals surface area (Å²) in [6.07, 6.45) is 1.39. The van der Waals surface area contributed by atoms with Crippen LogP contribution in [0.4, 0.5) is 16.6 Å². The number of fused-ring (bicyclic) bond motifs is 1. The van der Waals surface area contributed by atoms with Crippen LogP contribution >= 0.6 is 11.6 Å². The number of nitrogens with one attached hydrogen (secondary N) is 3. The summed E-state index contributed by atoms with van der Waals surface area (Å²) in [6, 6.07) is 0. The van der Waals surface area contributed by atoms with E-state index in [4.69, 9.17) is 11.6 Å². The third-order valence-corrected chi connectivity index (χ3v) is 2.84. The number of hydrogen-bond acceptors (Lipinski definition) is 6. The lowest BCUT2D eigenvalue weighted by molar-refractivity contribution is 0.186. The number of amides is 1. The molecule has 2 aromatic rings. The number of rotatable bonds is 5. The Bertz CT molecular complexity index is 614. The molecule has 0 fully saturated rings. The van der Waals surface area contributed by atoms with Gasteiger partial charge in [0.05, 0.1) is 7.11 Å². The Morgan fingerprint density at radius 2 is 2.20 bits per heavy atom. The lowest BCUT2D eigenvalue weighted by atomic mass is 10.3. The summed E-state index contributed by atoms with van der Waals surface area (Å²) in [4.78, 5) is 19.5. The molecule has 0 atom stereocenters. The number of aromatic nitrogens is 4. The number of H-pyrrole nitrogens is 1. The van der Waals surface area contributed by atoms with Crippen LogP contribution in [0.15, 0.2) is 0 Å². The van der Waals surface area contributed by atoms with Gasteiger partial charge in [-0.2, -0.15) is 10.1 Å². The zero-order valence-electron chi connectivity index (χ0n) is 11.2. The maximum atomic E-state index is 11.2. The largest absolute Gasteiger partial charge is 0.453 e. The fourth-order valence-corrected chi connectivity index (χ4v) is 1.75. The quantitative estimate of drug-likeness (QED) is 0.732. The first kappa shape index (κ1) is 14.3. The van der Waals surface area contributed by atoms with Crippen molar-refractivity contribution in [2.45, 2.75) is 19.8 Å². The van der Waals surface area contributed by atoms with Crippen molar-refractivity contribution in [3.8, 4) is 0 Å². The van der Waals surface area contributed by atoms with Crippen molar-refractivity contribution in [3.05, 3.63) is 5.15 Å². The smallest absolute Gasteiger partial charge is 0.413 e. The average Bonchev–Trinajstić information content (AvgIpc) is 2.81. The van der Waals surface area contributed by atoms with E-state index in [9.17, 15) is 4.79 Å². The standard InChI is InChI=1S/C11H15ClN6O2/c1-3-4-5-13-9-7-6(8(12)18-17-7)14-10(15-9)16-11(19)20-2/h3-5H2,1-2H3,(H,17,18)(H2,13,14,15,16,19). The van der Waals surface area contributed by atoms with Gasteiger partial charge in [0, 0.05) is 6.54 Å². The maximum absolute atomic E-state index is 11.2. The fraction of sp³-hybridized carbons (Fsp3) is 0.455. The molecule has 2 rings (SSSR count). The zero-order chi connectivity index (χ0) is 14.5. The molecule has 0 spiro atoms. The molecule has 0 radical (unpaired) electrons. The van der Waals surface area contributed by atoms with E-state index in [0.29, 0.717) is 16.9 Å². The second-order valence-electron chi connectivity index (χ2n) is 4.03. The van der Waals surface area contributed by atoms with Crippen molar-refractivity contribution < 1.29 is 9.53 Å². The molecular formula is C11H15ClN6O2. The lowest BCUT2D eigenvalue weighted by Gasteiger charge is -2.07. The van der Waals surface area contributed by atoms with Gasteiger partial charge in [-0.3, -0.25) is 10.4 Å². The highest BCUT2D eigenvalue weighted by atomic mass is 35.5. The summed E-state index contributed by atoms with van der Waals surface area (Å²) in [5.41, 5.74) is 0.966. The predicted octanol–water partition coefficient (Wildman–Crippen LogP) is 2.40. The number of anilines is 2. The molecule has 8 nitrogen and oxygen atoms in total. The molecule has 0 saturated heterocycles. The summed E-state index contributed by atoms with van der Waals surface area (Å²) in [5.74, 6) is 0.615. The third-order valence-electron chi connectivity index (χ3n) is 2.58. The van der Waals surface area contributed by atoms with Gasteiger partial charge >= 0.3 is 6.09 Å². The molecular weight excluding hydrogens is 284 g/mol. The van der Waals surface area contributed by atoms with E-state index in [1.807, 2.05) is 0 Å². The molecule has 0 aliphatic carbocycles. The third kappa shape index (κ3) is 3.08. The van der Waals surface area contributed by atoms with Crippen molar-refractivity contribution in [1.29, 1.82) is 0 Å². The maximum Gasteiger partial charge on any atom is 0.413 e. The van der Waals surface area contributed by atoms with Gasteiger partial charge in [-0.1, -0.05) is 24.9 Å². The number of methoxy groups -OCH3 is 1. The van der Waals surface area contributed by atoms with E-state index in [0.717, 1.165) is 19.4 Å². The molecule has 0 aliphatic rings. The van der Waals surface area contributed by atoms with Gasteiger partial charge in [0.25, 0.3) is 0 Å². The zero-order valence-corrected chi connectivity index (χ0v) is 11.9. The number of hydrogen-bond donors (Lipinski definition) is 3. The first-order chi connectivity index (χ1) is 9.65. The van der Waals surface area contributed by atoms with Crippen molar-refractivity contribution in [3.63, 3.8) is 0 Å². The molecule has 0 saturated carbocycles. The van der Waals surface area contributed by atoms with E-state index in [1.165, 1.54) is 7.11 Å². The number of nitrogens with zero attached hydrogens (tertiary/aromatic N) is 3. The van der Waals surface area contributed by atoms with Crippen molar-refractivity contribution in [2.75, 3.05) is 24.3 Å². The minimum absolute atomic E-state index is 0.103. The van der Waals surface area contributed by atoms with Gasteiger partial charge in [0.1, 0.15) is 5.52 Å². The van der Waals surface area contributed by atoms with E-state index < -0.39 is 6.09 Å². The second-order valence-corrected chi connectivity index (χ2v) is 4.41. The van der Waals surface area contributed by atoms with Crippen LogP contribution in [0.5, 0.6) is 0 Å². The highest BCUT2D eigenvalue weighted by Crippen LogP contribution is 2.25. The van der Waals surface area contributed by atoms with Gasteiger partial charge in [0.2, 0.25) is 5.95 Å². The topological polar surface area (TPSA) is 105 Å². The Kier molecular flexibility index (Phi) is 4.57. The van der Waals surface area contributed by atoms with Crippen LogP contribution in [0, 0.1) is 0 Å². The highest BCUT2D eigenvalue weighted by Gasteiger charge is 2.15. The first-order valence-electron chi connectivity index (χ1n) is 6.16. The van der Waals surface area contributed by atoms with E-state index in [1.54, 1.807) is 0 Å². The average molecular weight is 299 g/mol. The number of carbonyl (C=O) groups is 1. The number of halogens is 1. The summed E-state index contributed by atoms with van der Waals surface area (Å²) in [7, 11) is 1.26. The van der Waals surface area contributed by atoms with E-state index in [-0.39, 0.29) is 11.1 Å². The summed E-state index contributed by atoms with van der Waals surface area (Å²) >= 11 is 5.97. The number of unbranched alkanes of at least 4 members (excludes halogenated alkanes) is 1. The van der Waals surface area contributed by atoms with Gasteiger partial charge in [0.15, 0.2) is 16.5 Å². The van der Waals surface area contributed by atoms with Crippen LogP contribution in [0.3, 0.4) is 0 Å². The van der Waals surface area contributed by atoms with Crippen molar-refractivity contribution in [2.24, 2.45) is 0 Å². The molecule has 0 bridgehead atoms. The normalized spacial score (nSPS) is 10.6. The fourth-order valence-electron chi connectivity index (χ4n) is 1.58. The highest BCUT2D eigenvalue weighted by molar-refractivity contribution is 6.34. The SMILES string of the molecule is CCCCNc1nc(NC(=O)OC)nc2c(Cl)[nH]nc12. The monoisotopic (exact) mass is 298 g/mol. The molecule has 2 heterocycles. The molecule has 2 aromatic heterocycles. The Labute approximate surface area is 120 Å². The molecule has 108 valence electrons. The molecule has 1 amide bonds. The predicted molar refractivity (Wildman–Crippen MR) is 76.1 cm³/mol. The van der Waals surface area contributed by atoms with Crippen LogP contribution in [-0.2, 0) is 4.74 Å². The van der Waals surface area contributed by atoms with E-state index in [2.05, 4.69) is 42.5 Å². The van der Waals surface area contributed by atoms with Crippen molar-refractivity contribution in [1.82, 2.24) is 20.2 Å².